The second-order valence-electron chi connectivity index (χ2n) is 4.54. The van der Waals surface area contributed by atoms with Crippen LogP contribution in [0.5, 0.6) is 0 Å². The second-order valence-corrected chi connectivity index (χ2v) is 5.95. The average Bonchev–Trinajstić information content (AvgIpc) is 2.83. The van der Waals surface area contributed by atoms with Crippen molar-refractivity contribution in [3.63, 3.8) is 0 Å². The van der Waals surface area contributed by atoms with Crippen molar-refractivity contribution < 1.29 is 9.18 Å². The van der Waals surface area contributed by atoms with E-state index in [1.54, 1.807) is 6.92 Å². The Hall–Kier alpha value is -1.23. The number of aryl methyl sites for hydroxylation is 1. The van der Waals surface area contributed by atoms with Crippen LogP contribution in [0.25, 0.3) is 0 Å². The maximum Gasteiger partial charge on any atom is 0.254 e. The third kappa shape index (κ3) is 2.96. The number of nitrogens with two attached hydrogens (primary N) is 1. The number of thioether (sulfide) groups is 1. The molecular weight excluding hydrogens is 251 g/mol. The molecule has 5 heteroatoms. The van der Waals surface area contributed by atoms with Crippen molar-refractivity contribution in [1.82, 2.24) is 5.32 Å². The van der Waals surface area contributed by atoms with E-state index in [-0.39, 0.29) is 11.5 Å². The van der Waals surface area contributed by atoms with Crippen LogP contribution in [-0.4, -0.2) is 23.5 Å². The molecule has 1 aliphatic heterocycles. The van der Waals surface area contributed by atoms with E-state index < -0.39 is 5.82 Å². The molecule has 2 rings (SSSR count). The number of carbonyl (C=O) groups is 1. The topological polar surface area (TPSA) is 55.1 Å². The number of nitrogen functional groups attached to an aromatic ring is 1. The lowest BCUT2D eigenvalue weighted by Crippen LogP contribution is -2.30. The number of amides is 1. The molecule has 1 fully saturated rings. The minimum atomic E-state index is -0.485. The molecule has 0 spiro atoms. The van der Waals surface area contributed by atoms with Crippen LogP contribution in [-0.2, 0) is 0 Å². The van der Waals surface area contributed by atoms with Crippen LogP contribution in [0, 0.1) is 12.7 Å². The highest BCUT2D eigenvalue weighted by Crippen LogP contribution is 2.25. The summed E-state index contributed by atoms with van der Waals surface area (Å²) < 4.78 is 13.8. The first-order chi connectivity index (χ1) is 8.58. The number of nitrogens with one attached hydrogen (secondary N) is 1. The van der Waals surface area contributed by atoms with Crippen molar-refractivity contribution in [1.29, 1.82) is 0 Å². The molecule has 1 aromatic rings. The molecule has 98 valence electrons. The first-order valence-electron chi connectivity index (χ1n) is 6.03. The molecule has 3 N–H and O–H groups in total. The number of rotatable bonds is 3. The summed E-state index contributed by atoms with van der Waals surface area (Å²) in [4.78, 5) is 11.9. The van der Waals surface area contributed by atoms with Gasteiger partial charge in [0.05, 0.1) is 5.56 Å². The van der Waals surface area contributed by atoms with E-state index in [9.17, 15) is 9.18 Å². The van der Waals surface area contributed by atoms with Gasteiger partial charge >= 0.3 is 0 Å². The van der Waals surface area contributed by atoms with Gasteiger partial charge in [0.15, 0.2) is 0 Å². The fourth-order valence-corrected chi connectivity index (χ4v) is 3.27. The van der Waals surface area contributed by atoms with Crippen molar-refractivity contribution in [3.8, 4) is 0 Å². The Kier molecular flexibility index (Phi) is 4.11. The summed E-state index contributed by atoms with van der Waals surface area (Å²) in [5.41, 5.74) is 6.48. The van der Waals surface area contributed by atoms with Crippen molar-refractivity contribution in [2.24, 2.45) is 0 Å². The SMILES string of the molecule is Cc1cc(N)cc(C(=O)NCC2CCCS2)c1F. The van der Waals surface area contributed by atoms with Crippen LogP contribution < -0.4 is 11.1 Å². The maximum atomic E-state index is 13.8. The minimum Gasteiger partial charge on any atom is -0.399 e. The summed E-state index contributed by atoms with van der Waals surface area (Å²) >= 11 is 1.86. The summed E-state index contributed by atoms with van der Waals surface area (Å²) in [5, 5.41) is 3.24. The Labute approximate surface area is 110 Å². The van der Waals surface area contributed by atoms with Crippen molar-refractivity contribution >= 4 is 23.4 Å². The van der Waals surface area contributed by atoms with Gasteiger partial charge < -0.3 is 11.1 Å². The molecule has 1 saturated heterocycles. The molecule has 1 amide bonds. The Bertz CT molecular complexity index is 459. The van der Waals surface area contributed by atoms with Gasteiger partial charge in [0.1, 0.15) is 5.82 Å². The normalized spacial score (nSPS) is 18.9. The summed E-state index contributed by atoms with van der Waals surface area (Å²) in [7, 11) is 0. The summed E-state index contributed by atoms with van der Waals surface area (Å²) in [6.45, 7) is 2.20. The standard InChI is InChI=1S/C13H17FN2OS/c1-8-5-9(15)6-11(12(8)14)13(17)16-7-10-3-2-4-18-10/h5-6,10H,2-4,7,15H2,1H3,(H,16,17). The smallest absolute Gasteiger partial charge is 0.254 e. The lowest BCUT2D eigenvalue weighted by atomic mass is 10.1. The van der Waals surface area contributed by atoms with Gasteiger partial charge in [-0.15, -0.1) is 0 Å². The third-order valence-corrected chi connectivity index (χ3v) is 4.43. The van der Waals surface area contributed by atoms with Gasteiger partial charge in [-0.05, 0) is 43.2 Å². The lowest BCUT2D eigenvalue weighted by molar-refractivity contribution is 0.0949. The summed E-state index contributed by atoms with van der Waals surface area (Å²) in [6.07, 6.45) is 2.31. The molecule has 0 aliphatic carbocycles. The Morgan fingerprint density at radius 3 is 3.06 bits per heavy atom. The number of halogens is 1. The number of hydrogen-bond donors (Lipinski definition) is 2. The average molecular weight is 268 g/mol. The van der Waals surface area contributed by atoms with E-state index in [0.717, 1.165) is 12.2 Å². The highest BCUT2D eigenvalue weighted by Gasteiger charge is 2.19. The number of anilines is 1. The molecular formula is C13H17FN2OS. The highest BCUT2D eigenvalue weighted by atomic mass is 32.2. The maximum absolute atomic E-state index is 13.8. The zero-order valence-corrected chi connectivity index (χ0v) is 11.1. The summed E-state index contributed by atoms with van der Waals surface area (Å²) in [5.74, 6) is 0.280. The molecule has 1 unspecified atom stereocenters. The van der Waals surface area contributed by atoms with E-state index in [0.29, 0.717) is 23.0 Å². The van der Waals surface area contributed by atoms with E-state index in [1.165, 1.54) is 18.6 Å². The molecule has 1 atom stereocenters. The lowest BCUT2D eigenvalue weighted by Gasteiger charge is -2.11. The first-order valence-corrected chi connectivity index (χ1v) is 7.08. The monoisotopic (exact) mass is 268 g/mol. The molecule has 18 heavy (non-hydrogen) atoms. The largest absolute Gasteiger partial charge is 0.399 e. The van der Waals surface area contributed by atoms with Crippen LogP contribution in [0.3, 0.4) is 0 Å². The van der Waals surface area contributed by atoms with Gasteiger partial charge in [-0.2, -0.15) is 11.8 Å². The highest BCUT2D eigenvalue weighted by molar-refractivity contribution is 8.00. The van der Waals surface area contributed by atoms with Gasteiger partial charge in [0.2, 0.25) is 0 Å². The quantitative estimate of drug-likeness (QED) is 0.827. The molecule has 3 nitrogen and oxygen atoms in total. The first kappa shape index (κ1) is 13.2. The molecule has 0 aromatic heterocycles. The molecule has 1 heterocycles. The molecule has 0 bridgehead atoms. The van der Waals surface area contributed by atoms with Crippen LogP contribution in [0.1, 0.15) is 28.8 Å². The van der Waals surface area contributed by atoms with Crippen LogP contribution in [0.2, 0.25) is 0 Å². The van der Waals surface area contributed by atoms with Crippen LogP contribution in [0.15, 0.2) is 12.1 Å². The molecule has 1 aromatic carbocycles. The van der Waals surface area contributed by atoms with Crippen LogP contribution >= 0.6 is 11.8 Å². The zero-order chi connectivity index (χ0) is 13.1. The number of benzene rings is 1. The number of carbonyl (C=O) groups excluding carboxylic acids is 1. The zero-order valence-electron chi connectivity index (χ0n) is 10.3. The fraction of sp³-hybridized carbons (Fsp3) is 0.462. The predicted molar refractivity (Wildman–Crippen MR) is 73.4 cm³/mol. The molecule has 0 radical (unpaired) electrons. The van der Waals surface area contributed by atoms with Gasteiger partial charge in [0.25, 0.3) is 5.91 Å². The summed E-state index contributed by atoms with van der Waals surface area (Å²) in [6, 6.07) is 2.92. The Morgan fingerprint density at radius 1 is 1.61 bits per heavy atom. The van der Waals surface area contributed by atoms with Crippen molar-refractivity contribution in [2.45, 2.75) is 25.0 Å². The van der Waals surface area contributed by atoms with Crippen LogP contribution in [0.4, 0.5) is 10.1 Å². The predicted octanol–water partition coefficient (Wildman–Crippen LogP) is 2.34. The van der Waals surface area contributed by atoms with Gasteiger partial charge in [0, 0.05) is 17.5 Å². The van der Waals surface area contributed by atoms with Gasteiger partial charge in [-0.1, -0.05) is 0 Å². The fourth-order valence-electron chi connectivity index (χ4n) is 2.07. The van der Waals surface area contributed by atoms with Crippen molar-refractivity contribution in [3.05, 3.63) is 29.1 Å². The Morgan fingerprint density at radius 2 is 2.39 bits per heavy atom. The van der Waals surface area contributed by atoms with E-state index in [4.69, 9.17) is 5.73 Å². The second kappa shape index (κ2) is 5.61. The molecule has 1 aliphatic rings. The number of hydrogen-bond acceptors (Lipinski definition) is 3. The van der Waals surface area contributed by atoms with Crippen molar-refractivity contribution in [2.75, 3.05) is 18.0 Å². The molecule has 0 saturated carbocycles. The van der Waals surface area contributed by atoms with E-state index >= 15 is 0 Å². The van der Waals surface area contributed by atoms with Gasteiger partial charge in [-0.3, -0.25) is 4.79 Å². The third-order valence-electron chi connectivity index (χ3n) is 3.04. The minimum absolute atomic E-state index is 0.0375. The van der Waals surface area contributed by atoms with E-state index in [1.807, 2.05) is 11.8 Å². The Balaban J connectivity index is 2.04. The van der Waals surface area contributed by atoms with E-state index in [2.05, 4.69) is 5.32 Å². The van der Waals surface area contributed by atoms with Gasteiger partial charge in [-0.25, -0.2) is 4.39 Å².